The van der Waals surface area contributed by atoms with Crippen LogP contribution in [0.4, 0.5) is 0 Å². The molecule has 0 heterocycles. The average molecular weight is 247 g/mol. The molecule has 1 unspecified atom stereocenters. The van der Waals surface area contributed by atoms with Gasteiger partial charge in [-0.05, 0) is 36.0 Å². The Morgan fingerprint density at radius 3 is 2.39 bits per heavy atom. The number of hydrogen-bond donors (Lipinski definition) is 1. The van der Waals surface area contributed by atoms with Crippen LogP contribution in [0.2, 0.25) is 0 Å². The maximum Gasteiger partial charge on any atom is 0.167 e. The summed E-state index contributed by atoms with van der Waals surface area (Å²) in [6.45, 7) is 10.9. The Bertz CT molecular complexity index is 425. The SMILES string of the molecule is CCC(CN)C(=O)c1cc(C(C)(C)C)ccc1C. The molecule has 1 rings (SSSR count). The Kier molecular flexibility index (Phi) is 4.69. The smallest absolute Gasteiger partial charge is 0.167 e. The van der Waals surface area contributed by atoms with Crippen LogP contribution in [0.3, 0.4) is 0 Å². The molecule has 1 aromatic rings. The first-order valence-corrected chi connectivity index (χ1v) is 6.66. The normalized spacial score (nSPS) is 13.4. The van der Waals surface area contributed by atoms with E-state index in [1.165, 1.54) is 5.56 Å². The number of Topliss-reactive ketones (excluding diaryl/α,β-unsaturated/α-hetero) is 1. The monoisotopic (exact) mass is 247 g/mol. The molecule has 0 aliphatic heterocycles. The van der Waals surface area contributed by atoms with Crippen molar-refractivity contribution in [1.29, 1.82) is 0 Å². The third-order valence-electron chi connectivity index (χ3n) is 3.52. The fourth-order valence-corrected chi connectivity index (χ4v) is 2.03. The first kappa shape index (κ1) is 14.9. The lowest BCUT2D eigenvalue weighted by molar-refractivity contribution is 0.0920. The van der Waals surface area contributed by atoms with Gasteiger partial charge in [-0.25, -0.2) is 0 Å². The zero-order valence-electron chi connectivity index (χ0n) is 12.2. The van der Waals surface area contributed by atoms with Crippen LogP contribution in [0.15, 0.2) is 18.2 Å². The van der Waals surface area contributed by atoms with E-state index in [-0.39, 0.29) is 17.1 Å². The number of benzene rings is 1. The predicted octanol–water partition coefficient (Wildman–Crippen LogP) is 3.46. The predicted molar refractivity (Wildman–Crippen MR) is 77.0 cm³/mol. The van der Waals surface area contributed by atoms with Crippen molar-refractivity contribution in [3.63, 3.8) is 0 Å². The van der Waals surface area contributed by atoms with E-state index < -0.39 is 0 Å². The molecule has 0 saturated carbocycles. The summed E-state index contributed by atoms with van der Waals surface area (Å²) in [6, 6.07) is 6.18. The van der Waals surface area contributed by atoms with Crippen LogP contribution in [0, 0.1) is 12.8 Å². The molecule has 0 aliphatic rings. The Labute approximate surface area is 111 Å². The van der Waals surface area contributed by atoms with Crippen molar-refractivity contribution < 1.29 is 4.79 Å². The Hall–Kier alpha value is -1.15. The third-order valence-corrected chi connectivity index (χ3v) is 3.52. The number of ketones is 1. The lowest BCUT2D eigenvalue weighted by atomic mass is 9.83. The van der Waals surface area contributed by atoms with Gasteiger partial charge in [0.05, 0.1) is 0 Å². The van der Waals surface area contributed by atoms with Gasteiger partial charge in [-0.1, -0.05) is 39.8 Å². The van der Waals surface area contributed by atoms with Gasteiger partial charge in [-0.15, -0.1) is 0 Å². The zero-order valence-corrected chi connectivity index (χ0v) is 12.2. The van der Waals surface area contributed by atoms with Crippen LogP contribution in [-0.4, -0.2) is 12.3 Å². The van der Waals surface area contributed by atoms with E-state index in [4.69, 9.17) is 5.73 Å². The van der Waals surface area contributed by atoms with Gasteiger partial charge in [0.25, 0.3) is 0 Å². The topological polar surface area (TPSA) is 43.1 Å². The van der Waals surface area contributed by atoms with Crippen molar-refractivity contribution in [3.05, 3.63) is 34.9 Å². The highest BCUT2D eigenvalue weighted by atomic mass is 16.1. The number of carbonyl (C=O) groups is 1. The molecule has 0 fully saturated rings. The minimum atomic E-state index is -0.0566. The van der Waals surface area contributed by atoms with Gasteiger partial charge in [-0.3, -0.25) is 4.79 Å². The van der Waals surface area contributed by atoms with Crippen LogP contribution in [-0.2, 0) is 5.41 Å². The quantitative estimate of drug-likeness (QED) is 0.828. The number of nitrogens with two attached hydrogens (primary N) is 1. The molecule has 0 spiro atoms. The molecular formula is C16H25NO. The molecule has 0 bridgehead atoms. The molecule has 2 heteroatoms. The largest absolute Gasteiger partial charge is 0.330 e. The minimum Gasteiger partial charge on any atom is -0.330 e. The van der Waals surface area contributed by atoms with Crippen molar-refractivity contribution in [3.8, 4) is 0 Å². The van der Waals surface area contributed by atoms with Crippen LogP contribution in [0.5, 0.6) is 0 Å². The summed E-state index contributed by atoms with van der Waals surface area (Å²) in [5, 5.41) is 0. The number of rotatable bonds is 4. The standard InChI is InChI=1S/C16H25NO/c1-6-12(10-17)15(18)14-9-13(16(3,4)5)8-7-11(14)2/h7-9,12H,6,10,17H2,1-5H3. The highest BCUT2D eigenvalue weighted by Gasteiger charge is 2.21. The molecule has 0 saturated heterocycles. The lowest BCUT2D eigenvalue weighted by Gasteiger charge is -2.21. The van der Waals surface area contributed by atoms with Gasteiger partial charge in [0.1, 0.15) is 0 Å². The highest BCUT2D eigenvalue weighted by Crippen LogP contribution is 2.26. The van der Waals surface area contributed by atoms with Crippen molar-refractivity contribution in [2.75, 3.05) is 6.54 Å². The molecule has 100 valence electrons. The number of hydrogen-bond acceptors (Lipinski definition) is 2. The van der Waals surface area contributed by atoms with Gasteiger partial charge in [0.2, 0.25) is 0 Å². The fraction of sp³-hybridized carbons (Fsp3) is 0.562. The van der Waals surface area contributed by atoms with E-state index >= 15 is 0 Å². The molecule has 0 radical (unpaired) electrons. The van der Waals surface area contributed by atoms with Gasteiger partial charge in [0, 0.05) is 18.0 Å². The second kappa shape index (κ2) is 5.66. The van der Waals surface area contributed by atoms with Crippen LogP contribution in [0.25, 0.3) is 0 Å². The van der Waals surface area contributed by atoms with E-state index in [0.29, 0.717) is 6.54 Å². The molecule has 0 aromatic heterocycles. The minimum absolute atomic E-state index is 0.0566. The number of aryl methyl sites for hydroxylation is 1. The van der Waals surface area contributed by atoms with E-state index in [9.17, 15) is 4.79 Å². The first-order chi connectivity index (χ1) is 8.31. The maximum absolute atomic E-state index is 12.4. The number of carbonyl (C=O) groups excluding carboxylic acids is 1. The second-order valence-corrected chi connectivity index (χ2v) is 5.98. The Morgan fingerprint density at radius 1 is 1.33 bits per heavy atom. The van der Waals surface area contributed by atoms with Crippen LogP contribution < -0.4 is 5.73 Å². The molecular weight excluding hydrogens is 222 g/mol. The van der Waals surface area contributed by atoms with Crippen molar-refractivity contribution in [1.82, 2.24) is 0 Å². The Balaban J connectivity index is 3.19. The maximum atomic E-state index is 12.4. The second-order valence-electron chi connectivity index (χ2n) is 5.98. The lowest BCUT2D eigenvalue weighted by Crippen LogP contribution is -2.24. The van der Waals surface area contributed by atoms with E-state index in [1.807, 2.05) is 26.0 Å². The Morgan fingerprint density at radius 2 is 1.94 bits per heavy atom. The van der Waals surface area contributed by atoms with E-state index in [1.54, 1.807) is 0 Å². The van der Waals surface area contributed by atoms with Crippen molar-refractivity contribution in [2.24, 2.45) is 11.7 Å². The molecule has 1 atom stereocenters. The molecule has 2 N–H and O–H groups in total. The summed E-state index contributed by atoms with van der Waals surface area (Å²) in [4.78, 5) is 12.4. The molecule has 18 heavy (non-hydrogen) atoms. The zero-order chi connectivity index (χ0) is 13.9. The van der Waals surface area contributed by atoms with Crippen molar-refractivity contribution >= 4 is 5.78 Å². The van der Waals surface area contributed by atoms with Crippen LogP contribution in [0.1, 0.15) is 55.6 Å². The summed E-state index contributed by atoms with van der Waals surface area (Å²) in [5.74, 6) is 0.127. The summed E-state index contributed by atoms with van der Waals surface area (Å²) >= 11 is 0. The molecule has 0 aliphatic carbocycles. The van der Waals surface area contributed by atoms with Gasteiger partial charge < -0.3 is 5.73 Å². The van der Waals surface area contributed by atoms with Crippen LogP contribution >= 0.6 is 0 Å². The van der Waals surface area contributed by atoms with E-state index in [2.05, 4.69) is 26.8 Å². The van der Waals surface area contributed by atoms with Gasteiger partial charge in [-0.2, -0.15) is 0 Å². The first-order valence-electron chi connectivity index (χ1n) is 6.66. The fourth-order valence-electron chi connectivity index (χ4n) is 2.03. The summed E-state index contributed by atoms with van der Waals surface area (Å²) < 4.78 is 0. The summed E-state index contributed by atoms with van der Waals surface area (Å²) in [5.41, 5.74) is 8.81. The molecule has 0 amide bonds. The molecule has 1 aromatic carbocycles. The summed E-state index contributed by atoms with van der Waals surface area (Å²) in [7, 11) is 0. The third kappa shape index (κ3) is 3.20. The van der Waals surface area contributed by atoms with Gasteiger partial charge >= 0.3 is 0 Å². The summed E-state index contributed by atoms with van der Waals surface area (Å²) in [6.07, 6.45) is 0.800. The molecule has 2 nitrogen and oxygen atoms in total. The van der Waals surface area contributed by atoms with E-state index in [0.717, 1.165) is 17.5 Å². The van der Waals surface area contributed by atoms with Gasteiger partial charge in [0.15, 0.2) is 5.78 Å². The average Bonchev–Trinajstić information content (AvgIpc) is 2.29. The highest BCUT2D eigenvalue weighted by molar-refractivity contribution is 5.99. The van der Waals surface area contributed by atoms with Crippen molar-refractivity contribution in [2.45, 2.75) is 46.5 Å².